The first-order valence-corrected chi connectivity index (χ1v) is 10.0. The van der Waals surface area contributed by atoms with Gasteiger partial charge in [0.25, 0.3) is 0 Å². The normalized spacial score (nSPS) is 14.3. The number of aromatic nitrogens is 2. The highest BCUT2D eigenvalue weighted by Crippen LogP contribution is 2.25. The van der Waals surface area contributed by atoms with Gasteiger partial charge in [-0.3, -0.25) is 4.79 Å². The van der Waals surface area contributed by atoms with Gasteiger partial charge in [-0.05, 0) is 19.1 Å². The Kier molecular flexibility index (Phi) is 6.73. The van der Waals surface area contributed by atoms with Crippen LogP contribution in [0.3, 0.4) is 0 Å². The van der Waals surface area contributed by atoms with Crippen molar-refractivity contribution in [3.05, 3.63) is 41.3 Å². The van der Waals surface area contributed by atoms with Crippen LogP contribution in [0.1, 0.15) is 6.92 Å². The van der Waals surface area contributed by atoms with Gasteiger partial charge in [-0.2, -0.15) is 0 Å². The molecular weight excluding hydrogens is 391 g/mol. The predicted molar refractivity (Wildman–Crippen MR) is 105 cm³/mol. The maximum atomic E-state index is 14.0. The molecule has 3 rings (SSSR count). The second kappa shape index (κ2) is 9.23. The van der Waals surface area contributed by atoms with E-state index in [4.69, 9.17) is 16.3 Å². The number of anilines is 2. The van der Waals surface area contributed by atoms with Crippen LogP contribution >= 0.6 is 23.4 Å². The van der Waals surface area contributed by atoms with Gasteiger partial charge in [-0.15, -0.1) is 0 Å². The van der Waals surface area contributed by atoms with E-state index in [2.05, 4.69) is 14.9 Å². The highest BCUT2D eigenvalue weighted by atomic mass is 35.5. The van der Waals surface area contributed by atoms with Crippen molar-refractivity contribution in [2.45, 2.75) is 12.1 Å². The summed E-state index contributed by atoms with van der Waals surface area (Å²) in [5.41, 5.74) is 0.614. The molecule has 0 aliphatic carbocycles. The van der Waals surface area contributed by atoms with E-state index in [1.54, 1.807) is 25.1 Å². The van der Waals surface area contributed by atoms with Gasteiger partial charge in [-0.25, -0.2) is 14.4 Å². The molecule has 2 aromatic rings. The third-order valence-corrected chi connectivity index (χ3v) is 5.10. The first kappa shape index (κ1) is 19.7. The van der Waals surface area contributed by atoms with Crippen molar-refractivity contribution in [1.82, 2.24) is 9.97 Å². The SMILES string of the molecule is CCOC(=O)CSc1nc(Cl)cc(N2CCN(c3ccccc3F)CC2)n1. The highest BCUT2D eigenvalue weighted by Gasteiger charge is 2.21. The van der Waals surface area contributed by atoms with Crippen molar-refractivity contribution in [3.8, 4) is 0 Å². The van der Waals surface area contributed by atoms with Crippen molar-refractivity contribution in [2.24, 2.45) is 0 Å². The van der Waals surface area contributed by atoms with E-state index in [9.17, 15) is 9.18 Å². The summed E-state index contributed by atoms with van der Waals surface area (Å²) in [5, 5.41) is 0.755. The van der Waals surface area contributed by atoms with Crippen molar-refractivity contribution in [3.63, 3.8) is 0 Å². The van der Waals surface area contributed by atoms with Crippen LogP contribution in [0.5, 0.6) is 0 Å². The number of piperazine rings is 1. The highest BCUT2D eigenvalue weighted by molar-refractivity contribution is 7.99. The minimum atomic E-state index is -0.314. The molecule has 9 heteroatoms. The molecule has 0 radical (unpaired) electrons. The van der Waals surface area contributed by atoms with Gasteiger partial charge in [0.15, 0.2) is 5.16 Å². The molecule has 0 atom stereocenters. The second-order valence-electron chi connectivity index (χ2n) is 5.85. The number of carbonyl (C=O) groups is 1. The molecule has 0 spiro atoms. The van der Waals surface area contributed by atoms with E-state index in [-0.39, 0.29) is 17.5 Å². The first-order chi connectivity index (χ1) is 13.1. The molecule has 1 fully saturated rings. The zero-order chi connectivity index (χ0) is 19.2. The van der Waals surface area contributed by atoms with Gasteiger partial charge in [0.2, 0.25) is 0 Å². The Bertz CT molecular complexity index is 803. The Morgan fingerprint density at radius 1 is 1.22 bits per heavy atom. The fourth-order valence-corrected chi connectivity index (χ4v) is 3.70. The number of para-hydroxylation sites is 1. The number of hydrogen-bond acceptors (Lipinski definition) is 7. The lowest BCUT2D eigenvalue weighted by molar-refractivity contribution is -0.139. The number of benzene rings is 1. The van der Waals surface area contributed by atoms with Gasteiger partial charge >= 0.3 is 5.97 Å². The Hall–Kier alpha value is -2.06. The minimum absolute atomic E-state index is 0.134. The third-order valence-electron chi connectivity index (χ3n) is 4.08. The van der Waals surface area contributed by atoms with E-state index in [1.807, 2.05) is 11.0 Å². The molecule has 1 aromatic carbocycles. The van der Waals surface area contributed by atoms with Gasteiger partial charge in [0.05, 0.1) is 18.0 Å². The lowest BCUT2D eigenvalue weighted by Crippen LogP contribution is -2.47. The fraction of sp³-hybridized carbons (Fsp3) is 0.389. The van der Waals surface area contributed by atoms with Crippen molar-refractivity contribution in [1.29, 1.82) is 0 Å². The van der Waals surface area contributed by atoms with Crippen LogP contribution < -0.4 is 9.80 Å². The monoisotopic (exact) mass is 410 g/mol. The zero-order valence-corrected chi connectivity index (χ0v) is 16.5. The summed E-state index contributed by atoms with van der Waals surface area (Å²) in [6.45, 7) is 4.82. The van der Waals surface area contributed by atoms with Crippen LogP contribution in [-0.2, 0) is 9.53 Å². The summed E-state index contributed by atoms with van der Waals surface area (Å²) in [5.74, 6) is 0.309. The van der Waals surface area contributed by atoms with Crippen molar-refractivity contribution < 1.29 is 13.9 Å². The van der Waals surface area contributed by atoms with Crippen molar-refractivity contribution >= 4 is 40.8 Å². The number of rotatable bonds is 6. The minimum Gasteiger partial charge on any atom is -0.465 e. The molecule has 0 amide bonds. The van der Waals surface area contributed by atoms with Crippen LogP contribution in [0.15, 0.2) is 35.5 Å². The van der Waals surface area contributed by atoms with Crippen LogP contribution in [0.2, 0.25) is 5.15 Å². The molecule has 1 aliphatic rings. The molecule has 0 unspecified atom stereocenters. The quantitative estimate of drug-likeness (QED) is 0.313. The van der Waals surface area contributed by atoms with Crippen LogP contribution in [0.25, 0.3) is 0 Å². The van der Waals surface area contributed by atoms with Crippen LogP contribution in [0, 0.1) is 5.82 Å². The van der Waals surface area contributed by atoms with Gasteiger partial charge in [-0.1, -0.05) is 35.5 Å². The Balaban J connectivity index is 1.64. The first-order valence-electron chi connectivity index (χ1n) is 8.64. The smallest absolute Gasteiger partial charge is 0.316 e. The predicted octanol–water partition coefficient (Wildman–Crippen LogP) is 3.25. The van der Waals surface area contributed by atoms with E-state index < -0.39 is 0 Å². The van der Waals surface area contributed by atoms with E-state index in [0.717, 1.165) is 0 Å². The largest absolute Gasteiger partial charge is 0.465 e. The molecule has 27 heavy (non-hydrogen) atoms. The number of halogens is 2. The molecule has 1 aromatic heterocycles. The van der Waals surface area contributed by atoms with Gasteiger partial charge in [0.1, 0.15) is 16.8 Å². The molecule has 6 nitrogen and oxygen atoms in total. The summed E-state index contributed by atoms with van der Waals surface area (Å²) < 4.78 is 18.9. The average molecular weight is 411 g/mol. The zero-order valence-electron chi connectivity index (χ0n) is 14.9. The Morgan fingerprint density at radius 2 is 1.93 bits per heavy atom. The maximum Gasteiger partial charge on any atom is 0.316 e. The number of esters is 1. The number of nitrogens with zero attached hydrogens (tertiary/aromatic N) is 4. The Morgan fingerprint density at radius 3 is 2.63 bits per heavy atom. The molecule has 0 saturated carbocycles. The van der Waals surface area contributed by atoms with E-state index >= 15 is 0 Å². The van der Waals surface area contributed by atoms with E-state index in [1.165, 1.54) is 17.8 Å². The second-order valence-corrected chi connectivity index (χ2v) is 7.18. The number of thioether (sulfide) groups is 1. The maximum absolute atomic E-state index is 14.0. The fourth-order valence-electron chi connectivity index (χ4n) is 2.82. The molecule has 0 bridgehead atoms. The van der Waals surface area contributed by atoms with Gasteiger partial charge in [0, 0.05) is 32.2 Å². The van der Waals surface area contributed by atoms with Gasteiger partial charge < -0.3 is 14.5 Å². The topological polar surface area (TPSA) is 58.6 Å². The lowest BCUT2D eigenvalue weighted by atomic mass is 10.2. The number of ether oxygens (including phenoxy) is 1. The van der Waals surface area contributed by atoms with Crippen molar-refractivity contribution in [2.75, 3.05) is 48.3 Å². The van der Waals surface area contributed by atoms with E-state index in [0.29, 0.717) is 54.6 Å². The number of hydrogen-bond donors (Lipinski definition) is 0. The standard InChI is InChI=1S/C18H20ClFN4O2S/c1-2-26-17(25)12-27-18-21-15(19)11-16(22-18)24-9-7-23(8-10-24)14-6-4-3-5-13(14)20/h3-6,11H,2,7-10,12H2,1H3. The lowest BCUT2D eigenvalue weighted by Gasteiger charge is -2.36. The molecule has 0 N–H and O–H groups in total. The molecule has 2 heterocycles. The summed E-state index contributed by atoms with van der Waals surface area (Å²) >= 11 is 7.32. The summed E-state index contributed by atoms with van der Waals surface area (Å²) in [7, 11) is 0. The third kappa shape index (κ3) is 5.23. The molecular formula is C18H20ClFN4O2S. The average Bonchev–Trinajstić information content (AvgIpc) is 2.67. The summed E-state index contributed by atoms with van der Waals surface area (Å²) in [6.07, 6.45) is 0. The molecule has 1 saturated heterocycles. The summed E-state index contributed by atoms with van der Waals surface area (Å²) in [6, 6.07) is 8.49. The van der Waals surface area contributed by atoms with Crippen LogP contribution in [-0.4, -0.2) is 54.5 Å². The Labute approximate surface area is 166 Å². The summed E-state index contributed by atoms with van der Waals surface area (Å²) in [4.78, 5) is 24.3. The number of carbonyl (C=O) groups excluding carboxylic acids is 1. The molecule has 1 aliphatic heterocycles. The molecule has 144 valence electrons. The van der Waals surface area contributed by atoms with Crippen LogP contribution in [0.4, 0.5) is 15.9 Å².